The predicted molar refractivity (Wildman–Crippen MR) is 68.8 cm³/mol. The Labute approximate surface area is 109 Å². The number of nitrogens with one attached hydrogen (secondary N) is 1. The Bertz CT molecular complexity index is 693. The van der Waals surface area contributed by atoms with Gasteiger partial charge in [0, 0.05) is 11.8 Å². The fourth-order valence-corrected chi connectivity index (χ4v) is 1.88. The maximum absolute atomic E-state index is 12.2. The molecule has 2 aromatic rings. The van der Waals surface area contributed by atoms with E-state index in [0.717, 1.165) is 5.69 Å². The topological polar surface area (TPSA) is 72.0 Å². The monoisotopic (exact) mass is 251 g/mol. The number of hydrogen-bond donors (Lipinski definition) is 1. The lowest BCUT2D eigenvalue weighted by Crippen LogP contribution is -2.22. The van der Waals surface area contributed by atoms with Crippen LogP contribution in [0.5, 0.6) is 0 Å². The van der Waals surface area contributed by atoms with Crippen LogP contribution in [0, 0.1) is 0 Å². The molecule has 0 saturated heterocycles. The number of para-hydroxylation sites is 1. The van der Waals surface area contributed by atoms with Crippen molar-refractivity contribution < 1.29 is 9.59 Å². The van der Waals surface area contributed by atoms with Gasteiger partial charge in [0.05, 0.1) is 17.5 Å². The molecule has 5 heteroatoms. The Balaban J connectivity index is 1.97. The molecule has 1 aromatic carbocycles. The number of carbonyl (C=O) groups excluding carboxylic acids is 2. The van der Waals surface area contributed by atoms with Crippen LogP contribution in [0.1, 0.15) is 20.8 Å². The molecule has 19 heavy (non-hydrogen) atoms. The smallest absolute Gasteiger partial charge is 0.211 e. The summed E-state index contributed by atoms with van der Waals surface area (Å²) in [7, 11) is 0. The van der Waals surface area contributed by atoms with Gasteiger partial charge in [-0.15, -0.1) is 5.10 Å². The third-order valence-corrected chi connectivity index (χ3v) is 2.77. The van der Waals surface area contributed by atoms with Gasteiger partial charge < -0.3 is 5.32 Å². The second kappa shape index (κ2) is 4.45. The standard InChI is InChI=1S/C14H9N3O2/c18-12-8-11(16-9-4-2-1-3-5-9)14(19)10-6-7-15-17-13(10)12/h1-8,16H. The van der Waals surface area contributed by atoms with Crippen LogP contribution in [-0.2, 0) is 0 Å². The Morgan fingerprint density at radius 3 is 2.58 bits per heavy atom. The molecule has 0 unspecified atom stereocenters. The molecule has 0 bridgehead atoms. The van der Waals surface area contributed by atoms with Crippen LogP contribution in [-0.4, -0.2) is 21.8 Å². The van der Waals surface area contributed by atoms with E-state index in [9.17, 15) is 9.59 Å². The van der Waals surface area contributed by atoms with Crippen LogP contribution in [0.2, 0.25) is 0 Å². The van der Waals surface area contributed by atoms with Crippen molar-refractivity contribution in [1.82, 2.24) is 10.2 Å². The summed E-state index contributed by atoms with van der Waals surface area (Å²) in [5.74, 6) is -0.575. The molecule has 3 rings (SSSR count). The van der Waals surface area contributed by atoms with Crippen LogP contribution in [0.3, 0.4) is 0 Å². The van der Waals surface area contributed by atoms with Crippen molar-refractivity contribution in [2.45, 2.75) is 0 Å². The minimum Gasteiger partial charge on any atom is -0.352 e. The minimum absolute atomic E-state index is 0.103. The lowest BCUT2D eigenvalue weighted by molar-refractivity contribution is 0.0981. The van der Waals surface area contributed by atoms with E-state index in [1.165, 1.54) is 18.3 Å². The highest BCUT2D eigenvalue weighted by atomic mass is 16.1. The van der Waals surface area contributed by atoms with Crippen LogP contribution in [0.15, 0.2) is 54.4 Å². The molecule has 0 amide bonds. The van der Waals surface area contributed by atoms with Crippen molar-refractivity contribution in [2.24, 2.45) is 0 Å². The van der Waals surface area contributed by atoms with Gasteiger partial charge in [0.1, 0.15) is 5.69 Å². The zero-order chi connectivity index (χ0) is 13.2. The predicted octanol–water partition coefficient (Wildman–Crippen LogP) is 1.85. The molecular formula is C14H9N3O2. The zero-order valence-electron chi connectivity index (χ0n) is 9.83. The number of aromatic nitrogens is 2. The van der Waals surface area contributed by atoms with E-state index in [0.29, 0.717) is 0 Å². The number of rotatable bonds is 2. The van der Waals surface area contributed by atoms with Gasteiger partial charge in [0.25, 0.3) is 0 Å². The summed E-state index contributed by atoms with van der Waals surface area (Å²) < 4.78 is 0. The fourth-order valence-electron chi connectivity index (χ4n) is 1.88. The zero-order valence-corrected chi connectivity index (χ0v) is 9.83. The molecule has 5 nitrogen and oxygen atoms in total. The Hall–Kier alpha value is -2.82. The molecular weight excluding hydrogens is 242 g/mol. The number of nitrogens with zero attached hydrogens (tertiary/aromatic N) is 2. The number of Topliss-reactive ketones (excluding diaryl/α,β-unsaturated/α-hetero) is 1. The first-order chi connectivity index (χ1) is 9.25. The van der Waals surface area contributed by atoms with Gasteiger partial charge in [-0.2, -0.15) is 5.10 Å². The number of anilines is 1. The molecule has 0 spiro atoms. The van der Waals surface area contributed by atoms with Gasteiger partial charge in [-0.05, 0) is 18.2 Å². The van der Waals surface area contributed by atoms with Gasteiger partial charge in [0.15, 0.2) is 0 Å². The first-order valence-corrected chi connectivity index (χ1v) is 5.70. The molecule has 0 aliphatic heterocycles. The minimum atomic E-state index is -0.318. The number of carbonyl (C=O) groups is 2. The van der Waals surface area contributed by atoms with Crippen LogP contribution >= 0.6 is 0 Å². The molecule has 1 aliphatic rings. The molecule has 0 saturated carbocycles. The number of allylic oxidation sites excluding steroid dienone is 2. The van der Waals surface area contributed by atoms with Crippen LogP contribution in [0.25, 0.3) is 0 Å². The highest BCUT2D eigenvalue weighted by Gasteiger charge is 2.26. The largest absolute Gasteiger partial charge is 0.352 e. The second-order valence-corrected chi connectivity index (χ2v) is 4.04. The summed E-state index contributed by atoms with van der Waals surface area (Å²) in [4.78, 5) is 24.1. The molecule has 92 valence electrons. The lowest BCUT2D eigenvalue weighted by Gasteiger charge is -2.15. The van der Waals surface area contributed by atoms with E-state index >= 15 is 0 Å². The quantitative estimate of drug-likeness (QED) is 0.881. The number of ketones is 2. The van der Waals surface area contributed by atoms with Crippen molar-refractivity contribution in [3.63, 3.8) is 0 Å². The van der Waals surface area contributed by atoms with E-state index in [-0.39, 0.29) is 28.5 Å². The van der Waals surface area contributed by atoms with Gasteiger partial charge in [-0.1, -0.05) is 18.2 Å². The maximum Gasteiger partial charge on any atom is 0.211 e. The van der Waals surface area contributed by atoms with E-state index < -0.39 is 0 Å². The van der Waals surface area contributed by atoms with Gasteiger partial charge in [-0.3, -0.25) is 9.59 Å². The third-order valence-electron chi connectivity index (χ3n) is 2.77. The SMILES string of the molecule is O=C1C(Nc2ccccc2)=CC(=O)c2nnccc21. The Kier molecular flexibility index (Phi) is 2.64. The summed E-state index contributed by atoms with van der Waals surface area (Å²) in [5.41, 5.74) is 1.38. The van der Waals surface area contributed by atoms with Crippen molar-refractivity contribution in [1.29, 1.82) is 0 Å². The molecule has 0 radical (unpaired) electrons. The second-order valence-electron chi connectivity index (χ2n) is 4.04. The van der Waals surface area contributed by atoms with E-state index in [2.05, 4.69) is 15.5 Å². The Morgan fingerprint density at radius 1 is 1.00 bits per heavy atom. The van der Waals surface area contributed by atoms with Crippen molar-refractivity contribution >= 4 is 17.3 Å². The van der Waals surface area contributed by atoms with E-state index in [1.807, 2.05) is 30.3 Å². The molecule has 0 atom stereocenters. The van der Waals surface area contributed by atoms with Crippen LogP contribution < -0.4 is 5.32 Å². The Morgan fingerprint density at radius 2 is 1.79 bits per heavy atom. The first-order valence-electron chi connectivity index (χ1n) is 5.70. The van der Waals surface area contributed by atoms with E-state index in [1.54, 1.807) is 0 Å². The average molecular weight is 251 g/mol. The summed E-state index contributed by atoms with van der Waals surface area (Å²) in [6.45, 7) is 0. The van der Waals surface area contributed by atoms with Crippen molar-refractivity contribution in [2.75, 3.05) is 5.32 Å². The summed E-state index contributed by atoms with van der Waals surface area (Å²) in [5, 5.41) is 10.3. The van der Waals surface area contributed by atoms with E-state index in [4.69, 9.17) is 0 Å². The van der Waals surface area contributed by atoms with Gasteiger partial charge in [0.2, 0.25) is 11.6 Å². The highest BCUT2D eigenvalue weighted by molar-refractivity contribution is 6.24. The molecule has 1 N–H and O–H groups in total. The average Bonchev–Trinajstić information content (AvgIpc) is 2.46. The summed E-state index contributed by atoms with van der Waals surface area (Å²) in [6, 6.07) is 10.7. The van der Waals surface area contributed by atoms with Crippen LogP contribution in [0.4, 0.5) is 5.69 Å². The third kappa shape index (κ3) is 2.01. The highest BCUT2D eigenvalue weighted by Crippen LogP contribution is 2.20. The molecule has 1 aromatic heterocycles. The number of fused-ring (bicyclic) bond motifs is 1. The van der Waals surface area contributed by atoms with Gasteiger partial charge >= 0.3 is 0 Å². The normalized spacial score (nSPS) is 13.8. The first kappa shape index (κ1) is 11.3. The summed E-state index contributed by atoms with van der Waals surface area (Å²) >= 11 is 0. The van der Waals surface area contributed by atoms with Gasteiger partial charge in [-0.25, -0.2) is 0 Å². The van der Waals surface area contributed by atoms with Crippen molar-refractivity contribution in [3.8, 4) is 0 Å². The lowest BCUT2D eigenvalue weighted by atomic mass is 9.98. The fraction of sp³-hybridized carbons (Fsp3) is 0. The molecule has 1 heterocycles. The molecule has 0 fully saturated rings. The maximum atomic E-state index is 12.2. The number of hydrogen-bond acceptors (Lipinski definition) is 5. The summed E-state index contributed by atoms with van der Waals surface area (Å²) in [6.07, 6.45) is 2.65. The van der Waals surface area contributed by atoms with Crippen molar-refractivity contribution in [3.05, 3.63) is 65.6 Å². The number of benzene rings is 1. The molecule has 1 aliphatic carbocycles.